The predicted molar refractivity (Wildman–Crippen MR) is 92.5 cm³/mol. The maximum atomic E-state index is 12.0. The molecule has 0 aromatic heterocycles. The van der Waals surface area contributed by atoms with Crippen molar-refractivity contribution in [2.45, 2.75) is 45.6 Å². The molecule has 0 bridgehead atoms. The summed E-state index contributed by atoms with van der Waals surface area (Å²) < 4.78 is 9.65. The van der Waals surface area contributed by atoms with Crippen LogP contribution in [0.5, 0.6) is 0 Å². The second-order valence-corrected chi connectivity index (χ2v) is 6.25. The quantitative estimate of drug-likeness (QED) is 0.718. The Morgan fingerprint density at radius 1 is 0.958 bits per heavy atom. The van der Waals surface area contributed by atoms with Crippen molar-refractivity contribution in [3.63, 3.8) is 0 Å². The van der Waals surface area contributed by atoms with Gasteiger partial charge in [-0.2, -0.15) is 0 Å². The highest BCUT2D eigenvalue weighted by atomic mass is 16.5. The first kappa shape index (κ1) is 18.5. The molecule has 0 amide bonds. The summed E-state index contributed by atoms with van der Waals surface area (Å²) in [5.41, 5.74) is 2.85. The third-order valence-electron chi connectivity index (χ3n) is 4.60. The Kier molecular flexibility index (Phi) is 6.37. The van der Waals surface area contributed by atoms with Gasteiger partial charge in [0.15, 0.2) is 0 Å². The zero-order chi connectivity index (χ0) is 17.7. The van der Waals surface area contributed by atoms with Gasteiger partial charge in [-0.3, -0.25) is 4.90 Å². The van der Waals surface area contributed by atoms with Crippen molar-refractivity contribution in [2.75, 3.05) is 27.3 Å². The van der Waals surface area contributed by atoms with Crippen LogP contribution in [0.4, 0.5) is 0 Å². The van der Waals surface area contributed by atoms with E-state index in [0.29, 0.717) is 17.2 Å². The lowest BCUT2D eigenvalue weighted by atomic mass is 10.00. The van der Waals surface area contributed by atoms with E-state index in [-0.39, 0.29) is 0 Å². The average molecular weight is 333 g/mol. The second kappa shape index (κ2) is 8.29. The van der Waals surface area contributed by atoms with Crippen LogP contribution in [0.2, 0.25) is 0 Å². The largest absolute Gasteiger partial charge is 0.465 e. The molecule has 0 saturated carbocycles. The van der Waals surface area contributed by atoms with E-state index in [2.05, 4.69) is 18.7 Å². The molecule has 0 heterocycles. The first-order chi connectivity index (χ1) is 11.5. The van der Waals surface area contributed by atoms with E-state index < -0.39 is 11.9 Å². The number of carbonyl (C=O) groups excluding carboxylic acids is 2. The van der Waals surface area contributed by atoms with Crippen LogP contribution in [0.15, 0.2) is 12.1 Å². The zero-order valence-electron chi connectivity index (χ0n) is 15.1. The molecule has 0 radical (unpaired) electrons. The van der Waals surface area contributed by atoms with E-state index in [9.17, 15) is 9.59 Å². The minimum absolute atomic E-state index is 0.293. The molecule has 5 nitrogen and oxygen atoms in total. The molecule has 5 heteroatoms. The van der Waals surface area contributed by atoms with Gasteiger partial charge in [0.25, 0.3) is 0 Å². The number of carbonyl (C=O) groups is 2. The number of fused-ring (bicyclic) bond motifs is 1. The predicted octanol–water partition coefficient (Wildman–Crippen LogP) is 2.85. The Balaban J connectivity index is 2.34. The number of hydrogen-bond donors (Lipinski definition) is 0. The topological polar surface area (TPSA) is 55.8 Å². The number of esters is 2. The van der Waals surface area contributed by atoms with Gasteiger partial charge in [0, 0.05) is 6.04 Å². The fourth-order valence-electron chi connectivity index (χ4n) is 3.52. The summed E-state index contributed by atoms with van der Waals surface area (Å²) >= 11 is 0. The molecule has 1 aromatic rings. The fourth-order valence-corrected chi connectivity index (χ4v) is 3.52. The van der Waals surface area contributed by atoms with Gasteiger partial charge in [-0.15, -0.1) is 0 Å². The fraction of sp³-hybridized carbons (Fsp3) is 0.579. The zero-order valence-corrected chi connectivity index (χ0v) is 15.1. The van der Waals surface area contributed by atoms with Crippen molar-refractivity contribution in [2.24, 2.45) is 0 Å². The van der Waals surface area contributed by atoms with Crippen LogP contribution in [0.3, 0.4) is 0 Å². The van der Waals surface area contributed by atoms with E-state index in [0.717, 1.165) is 49.9 Å². The van der Waals surface area contributed by atoms with Gasteiger partial charge < -0.3 is 9.47 Å². The third-order valence-corrected chi connectivity index (χ3v) is 4.60. The van der Waals surface area contributed by atoms with Crippen molar-refractivity contribution in [3.8, 4) is 0 Å². The molecular formula is C19H27NO4. The number of methoxy groups -OCH3 is 2. The first-order valence-electron chi connectivity index (χ1n) is 8.62. The highest BCUT2D eigenvalue weighted by Crippen LogP contribution is 2.29. The van der Waals surface area contributed by atoms with E-state index in [4.69, 9.17) is 9.47 Å². The summed E-state index contributed by atoms with van der Waals surface area (Å²) in [7, 11) is 2.65. The Morgan fingerprint density at radius 2 is 1.38 bits per heavy atom. The van der Waals surface area contributed by atoms with E-state index in [1.165, 1.54) is 14.2 Å². The van der Waals surface area contributed by atoms with Crippen LogP contribution in [0, 0.1) is 0 Å². The van der Waals surface area contributed by atoms with Crippen molar-refractivity contribution in [1.82, 2.24) is 4.90 Å². The van der Waals surface area contributed by atoms with Crippen LogP contribution in [0.1, 0.15) is 58.5 Å². The molecule has 0 saturated heterocycles. The number of ether oxygens (including phenoxy) is 2. The first-order valence-corrected chi connectivity index (χ1v) is 8.62. The SMILES string of the molecule is CCCN(CCC)C1Cc2cc(C(=O)OC)c(C(=O)OC)cc2C1. The van der Waals surface area contributed by atoms with Crippen molar-refractivity contribution < 1.29 is 19.1 Å². The minimum atomic E-state index is -0.499. The number of nitrogens with zero attached hydrogens (tertiary/aromatic N) is 1. The van der Waals surface area contributed by atoms with Crippen LogP contribution >= 0.6 is 0 Å². The lowest BCUT2D eigenvalue weighted by Crippen LogP contribution is -2.37. The summed E-state index contributed by atoms with van der Waals surface area (Å²) in [5.74, 6) is -0.999. The van der Waals surface area contributed by atoms with Crippen molar-refractivity contribution in [1.29, 1.82) is 0 Å². The monoisotopic (exact) mass is 333 g/mol. The number of benzene rings is 1. The molecule has 0 fully saturated rings. The van der Waals surface area contributed by atoms with Crippen LogP contribution in [-0.4, -0.2) is 50.2 Å². The third kappa shape index (κ3) is 3.78. The van der Waals surface area contributed by atoms with Gasteiger partial charge in [0.2, 0.25) is 0 Å². The van der Waals surface area contributed by atoms with E-state index in [1.54, 1.807) is 0 Å². The molecule has 0 N–H and O–H groups in total. The number of rotatable bonds is 7. The maximum Gasteiger partial charge on any atom is 0.338 e. The Bertz CT molecular complexity index is 561. The van der Waals surface area contributed by atoms with Gasteiger partial charge in [-0.05, 0) is 62.0 Å². The highest BCUT2D eigenvalue weighted by molar-refractivity contribution is 6.03. The molecule has 24 heavy (non-hydrogen) atoms. The molecular weight excluding hydrogens is 306 g/mol. The van der Waals surface area contributed by atoms with Gasteiger partial charge in [0.1, 0.15) is 0 Å². The highest BCUT2D eigenvalue weighted by Gasteiger charge is 2.30. The second-order valence-electron chi connectivity index (χ2n) is 6.25. The summed E-state index contributed by atoms with van der Waals surface area (Å²) in [6.45, 7) is 6.52. The Labute approximate surface area is 143 Å². The van der Waals surface area contributed by atoms with E-state index >= 15 is 0 Å². The molecule has 0 spiro atoms. The van der Waals surface area contributed by atoms with Gasteiger partial charge >= 0.3 is 11.9 Å². The summed E-state index contributed by atoms with van der Waals surface area (Å²) in [5, 5.41) is 0. The summed E-state index contributed by atoms with van der Waals surface area (Å²) in [6.07, 6.45) is 4.04. The molecule has 132 valence electrons. The standard InChI is InChI=1S/C19H27NO4/c1-5-7-20(8-6-2)15-9-13-11-16(18(21)23-3)17(19(22)24-4)12-14(13)10-15/h11-12,15H,5-10H2,1-4H3. The minimum Gasteiger partial charge on any atom is -0.465 e. The van der Waals surface area contributed by atoms with Gasteiger partial charge in [0.05, 0.1) is 25.3 Å². The van der Waals surface area contributed by atoms with Crippen molar-refractivity contribution >= 4 is 11.9 Å². The lowest BCUT2D eigenvalue weighted by Gasteiger charge is -2.27. The number of hydrogen-bond acceptors (Lipinski definition) is 5. The maximum absolute atomic E-state index is 12.0. The molecule has 0 aliphatic heterocycles. The normalized spacial score (nSPS) is 13.9. The Morgan fingerprint density at radius 3 is 1.71 bits per heavy atom. The van der Waals surface area contributed by atoms with Gasteiger partial charge in [-0.25, -0.2) is 9.59 Å². The summed E-state index contributed by atoms with van der Waals surface area (Å²) in [6, 6.07) is 4.05. The molecule has 1 aliphatic rings. The van der Waals surface area contributed by atoms with E-state index in [1.807, 2.05) is 12.1 Å². The molecule has 2 rings (SSSR count). The molecule has 0 atom stereocenters. The average Bonchev–Trinajstić information content (AvgIpc) is 3.01. The van der Waals surface area contributed by atoms with Gasteiger partial charge in [-0.1, -0.05) is 13.8 Å². The van der Waals surface area contributed by atoms with Crippen LogP contribution in [0.25, 0.3) is 0 Å². The smallest absolute Gasteiger partial charge is 0.338 e. The Hall–Kier alpha value is -1.88. The molecule has 1 aromatic carbocycles. The van der Waals surface area contributed by atoms with Crippen LogP contribution < -0.4 is 0 Å². The lowest BCUT2D eigenvalue weighted by molar-refractivity contribution is 0.0555. The van der Waals surface area contributed by atoms with Crippen molar-refractivity contribution in [3.05, 3.63) is 34.4 Å². The van der Waals surface area contributed by atoms with Crippen LogP contribution in [-0.2, 0) is 22.3 Å². The summed E-state index contributed by atoms with van der Waals surface area (Å²) in [4.78, 5) is 26.6. The molecule has 1 aliphatic carbocycles. The molecule has 0 unspecified atom stereocenters.